The zero-order valence-corrected chi connectivity index (χ0v) is 14.4. The van der Waals surface area contributed by atoms with E-state index in [9.17, 15) is 14.4 Å². The van der Waals surface area contributed by atoms with Gasteiger partial charge < -0.3 is 10.1 Å². The number of hydrogen-bond acceptors (Lipinski definition) is 4. The smallest absolute Gasteiger partial charge is 0.243 e. The Labute approximate surface area is 146 Å². The minimum atomic E-state index is -0.819. The zero-order valence-electron chi connectivity index (χ0n) is 14.4. The van der Waals surface area contributed by atoms with Crippen LogP contribution in [0.3, 0.4) is 0 Å². The molecule has 6 nitrogen and oxygen atoms in total. The average Bonchev–Trinajstić information content (AvgIpc) is 2.90. The number of nitrogens with one attached hydrogen (secondary N) is 1. The van der Waals surface area contributed by atoms with E-state index in [1.54, 1.807) is 14.0 Å². The highest BCUT2D eigenvalue weighted by atomic mass is 16.5. The quantitative estimate of drug-likeness (QED) is 0.652. The molecule has 0 aromatic heterocycles. The van der Waals surface area contributed by atoms with Gasteiger partial charge in [0, 0.05) is 12.1 Å². The number of allylic oxidation sites excluding steroid dienone is 2. The largest absolute Gasteiger partial charge is 0.496 e. The Hall–Kier alpha value is -2.63. The maximum Gasteiger partial charge on any atom is 0.243 e. The van der Waals surface area contributed by atoms with Crippen molar-refractivity contribution in [1.29, 1.82) is 0 Å². The molecule has 1 aliphatic carbocycles. The Morgan fingerprint density at radius 3 is 2.40 bits per heavy atom. The van der Waals surface area contributed by atoms with Crippen molar-refractivity contribution >= 4 is 17.7 Å². The molecule has 1 saturated heterocycles. The average molecular weight is 342 g/mol. The minimum Gasteiger partial charge on any atom is -0.496 e. The van der Waals surface area contributed by atoms with Gasteiger partial charge in [0.1, 0.15) is 11.8 Å². The summed E-state index contributed by atoms with van der Waals surface area (Å²) in [4.78, 5) is 38.7. The van der Waals surface area contributed by atoms with E-state index in [0.29, 0.717) is 18.6 Å². The number of hydrogen-bond donors (Lipinski definition) is 1. The van der Waals surface area contributed by atoms with E-state index in [1.165, 1.54) is 0 Å². The van der Waals surface area contributed by atoms with Crippen molar-refractivity contribution in [3.8, 4) is 5.75 Å². The zero-order chi connectivity index (χ0) is 18.0. The molecule has 0 unspecified atom stereocenters. The van der Waals surface area contributed by atoms with Crippen LogP contribution in [0.5, 0.6) is 5.75 Å². The summed E-state index contributed by atoms with van der Waals surface area (Å²) in [6.45, 7) is 1.87. The molecule has 2 aliphatic rings. The Balaban J connectivity index is 1.66. The number of carbonyl (C=O) groups excluding carboxylic acids is 3. The first-order chi connectivity index (χ1) is 12.0. The number of carbonyl (C=O) groups is 3. The molecule has 132 valence electrons. The number of fused-ring (bicyclic) bond motifs is 1. The van der Waals surface area contributed by atoms with Crippen LogP contribution < -0.4 is 10.1 Å². The Morgan fingerprint density at radius 1 is 1.20 bits per heavy atom. The molecule has 3 amide bonds. The molecule has 1 heterocycles. The Morgan fingerprint density at radius 2 is 1.80 bits per heavy atom. The molecule has 1 fully saturated rings. The highest BCUT2D eigenvalue weighted by molar-refractivity contribution is 6.08. The molecule has 0 spiro atoms. The van der Waals surface area contributed by atoms with E-state index in [1.807, 2.05) is 36.4 Å². The van der Waals surface area contributed by atoms with Crippen LogP contribution >= 0.6 is 0 Å². The molecule has 25 heavy (non-hydrogen) atoms. The molecule has 1 aliphatic heterocycles. The SMILES string of the molecule is COc1ccccc1CNC(=O)[C@H](C)N1C(=O)[C@@H]2CC=CC[C@H]2C1=O. The third kappa shape index (κ3) is 3.16. The second kappa shape index (κ2) is 7.09. The molecule has 0 saturated carbocycles. The van der Waals surface area contributed by atoms with Crippen LogP contribution in [0.1, 0.15) is 25.3 Å². The summed E-state index contributed by atoms with van der Waals surface area (Å²) in [6.07, 6.45) is 5.01. The lowest BCUT2D eigenvalue weighted by molar-refractivity contribution is -0.147. The maximum absolute atomic E-state index is 12.5. The van der Waals surface area contributed by atoms with E-state index in [4.69, 9.17) is 4.74 Å². The third-order valence-electron chi connectivity index (χ3n) is 4.95. The topological polar surface area (TPSA) is 75.7 Å². The molecule has 6 heteroatoms. The first-order valence-electron chi connectivity index (χ1n) is 8.46. The van der Waals surface area contributed by atoms with Crippen molar-refractivity contribution in [2.45, 2.75) is 32.4 Å². The highest BCUT2D eigenvalue weighted by Gasteiger charge is 2.50. The van der Waals surface area contributed by atoms with Crippen molar-refractivity contribution in [2.75, 3.05) is 7.11 Å². The number of benzene rings is 1. The van der Waals surface area contributed by atoms with Gasteiger partial charge in [-0.25, -0.2) is 0 Å². The van der Waals surface area contributed by atoms with Crippen molar-refractivity contribution in [3.63, 3.8) is 0 Å². The molecule has 0 radical (unpaired) electrons. The van der Waals surface area contributed by atoms with Gasteiger partial charge in [0.15, 0.2) is 0 Å². The first kappa shape index (κ1) is 17.2. The molecule has 1 aromatic carbocycles. The number of nitrogens with zero attached hydrogens (tertiary/aromatic N) is 1. The highest BCUT2D eigenvalue weighted by Crippen LogP contribution is 2.36. The molecule has 1 N–H and O–H groups in total. The van der Waals surface area contributed by atoms with Gasteiger partial charge in [-0.3, -0.25) is 19.3 Å². The third-order valence-corrected chi connectivity index (χ3v) is 4.95. The summed E-state index contributed by atoms with van der Waals surface area (Å²) in [5, 5.41) is 2.79. The van der Waals surface area contributed by atoms with Crippen LogP contribution in [0.25, 0.3) is 0 Å². The summed E-state index contributed by atoms with van der Waals surface area (Å²) < 4.78 is 5.26. The summed E-state index contributed by atoms with van der Waals surface area (Å²) in [7, 11) is 1.57. The molecule has 3 rings (SSSR count). The van der Waals surface area contributed by atoms with Crippen molar-refractivity contribution < 1.29 is 19.1 Å². The Kier molecular flexibility index (Phi) is 4.88. The number of methoxy groups -OCH3 is 1. The van der Waals surface area contributed by atoms with E-state index < -0.39 is 6.04 Å². The fourth-order valence-electron chi connectivity index (χ4n) is 3.50. The van der Waals surface area contributed by atoms with Crippen LogP contribution in [0.15, 0.2) is 36.4 Å². The lowest BCUT2D eigenvalue weighted by atomic mass is 9.85. The summed E-state index contributed by atoms with van der Waals surface area (Å²) >= 11 is 0. The monoisotopic (exact) mass is 342 g/mol. The van der Waals surface area contributed by atoms with Gasteiger partial charge >= 0.3 is 0 Å². The summed E-state index contributed by atoms with van der Waals surface area (Å²) in [5.41, 5.74) is 0.836. The van der Waals surface area contributed by atoms with Crippen molar-refractivity contribution in [2.24, 2.45) is 11.8 Å². The number of amides is 3. The first-order valence-corrected chi connectivity index (χ1v) is 8.46. The second-order valence-corrected chi connectivity index (χ2v) is 6.41. The van der Waals surface area contributed by atoms with Gasteiger partial charge in [-0.15, -0.1) is 0 Å². The number of likely N-dealkylation sites (tertiary alicyclic amines) is 1. The van der Waals surface area contributed by atoms with Gasteiger partial charge in [-0.2, -0.15) is 0 Å². The normalized spacial score (nSPS) is 23.4. The van der Waals surface area contributed by atoms with E-state index >= 15 is 0 Å². The summed E-state index contributed by atoms with van der Waals surface area (Å²) in [5.74, 6) is -0.775. The predicted octanol–water partition coefficient (Wildman–Crippen LogP) is 1.65. The fourth-order valence-corrected chi connectivity index (χ4v) is 3.50. The molecule has 3 atom stereocenters. The van der Waals surface area contributed by atoms with Crippen LogP contribution in [-0.2, 0) is 20.9 Å². The van der Waals surface area contributed by atoms with Crippen molar-refractivity contribution in [1.82, 2.24) is 10.2 Å². The van der Waals surface area contributed by atoms with Crippen LogP contribution in [0, 0.1) is 11.8 Å². The van der Waals surface area contributed by atoms with Gasteiger partial charge in [0.2, 0.25) is 17.7 Å². The van der Waals surface area contributed by atoms with Gasteiger partial charge in [0.05, 0.1) is 18.9 Å². The fraction of sp³-hybridized carbons (Fsp3) is 0.421. The van der Waals surface area contributed by atoms with Crippen molar-refractivity contribution in [3.05, 3.63) is 42.0 Å². The van der Waals surface area contributed by atoms with E-state index in [2.05, 4.69) is 5.32 Å². The van der Waals surface area contributed by atoms with Gasteiger partial charge in [0.25, 0.3) is 0 Å². The van der Waals surface area contributed by atoms with Crippen LogP contribution in [0.4, 0.5) is 0 Å². The number of para-hydroxylation sites is 1. The van der Waals surface area contributed by atoms with E-state index in [-0.39, 0.29) is 36.1 Å². The maximum atomic E-state index is 12.5. The number of imide groups is 1. The van der Waals surface area contributed by atoms with E-state index in [0.717, 1.165) is 10.5 Å². The molecule has 0 bridgehead atoms. The predicted molar refractivity (Wildman–Crippen MR) is 91.5 cm³/mol. The lowest BCUT2D eigenvalue weighted by Crippen LogP contribution is -2.48. The Bertz CT molecular complexity index is 702. The lowest BCUT2D eigenvalue weighted by Gasteiger charge is -2.22. The molecule has 1 aromatic rings. The van der Waals surface area contributed by atoms with Gasteiger partial charge in [-0.05, 0) is 25.8 Å². The standard InChI is InChI=1S/C19H22N2O4/c1-12(17(22)20-11-13-7-3-6-10-16(13)25-2)21-18(23)14-8-4-5-9-15(14)19(21)24/h3-7,10,12,14-15H,8-9,11H2,1-2H3,(H,20,22)/t12-,14+,15+/m0/s1. The van der Waals surface area contributed by atoms with Gasteiger partial charge in [-0.1, -0.05) is 30.4 Å². The second-order valence-electron chi connectivity index (χ2n) is 6.41. The number of ether oxygens (including phenoxy) is 1. The number of rotatable bonds is 5. The summed E-state index contributed by atoms with van der Waals surface area (Å²) in [6, 6.07) is 6.56. The molecular formula is C19H22N2O4. The van der Waals surface area contributed by atoms with Crippen LogP contribution in [-0.4, -0.2) is 35.8 Å². The molecular weight excluding hydrogens is 320 g/mol. The van der Waals surface area contributed by atoms with Crippen LogP contribution in [0.2, 0.25) is 0 Å². The minimum absolute atomic E-state index is 0.237.